The van der Waals surface area contributed by atoms with E-state index in [1.165, 1.54) is 0 Å². The lowest BCUT2D eigenvalue weighted by atomic mass is 9.95. The van der Waals surface area contributed by atoms with Crippen LogP contribution in [-0.2, 0) is 4.79 Å². The van der Waals surface area contributed by atoms with Gasteiger partial charge in [0.1, 0.15) is 6.04 Å². The Bertz CT molecular complexity index is 496. The molecule has 0 aliphatic carbocycles. The zero-order chi connectivity index (χ0) is 15.9. The number of likely N-dealkylation sites (tertiary alicyclic amines) is 1. The van der Waals surface area contributed by atoms with Gasteiger partial charge in [0.2, 0.25) is 5.91 Å². The van der Waals surface area contributed by atoms with E-state index in [4.69, 9.17) is 0 Å². The van der Waals surface area contributed by atoms with E-state index < -0.39 is 12.1 Å². The van der Waals surface area contributed by atoms with Gasteiger partial charge in [0, 0.05) is 6.54 Å². The first kappa shape index (κ1) is 16.5. The lowest BCUT2D eigenvalue weighted by Crippen LogP contribution is -2.48. The number of urea groups is 1. The molecule has 5 heteroatoms. The normalized spacial score (nSPS) is 17.7. The molecule has 22 heavy (non-hydrogen) atoms. The maximum absolute atomic E-state index is 12.6. The fourth-order valence-electron chi connectivity index (χ4n) is 2.84. The highest BCUT2D eigenvalue weighted by Crippen LogP contribution is 2.26. The average molecular weight is 303 g/mol. The third kappa shape index (κ3) is 4.31. The summed E-state index contributed by atoms with van der Waals surface area (Å²) in [6.07, 6.45) is 2.16. The van der Waals surface area contributed by atoms with Gasteiger partial charge in [0.25, 0.3) is 0 Å². The molecule has 1 aliphatic rings. The standard InChI is InChI=1S/C17H25N3O2/c1-3-18-17(22)19-16(21)15(14-7-5-4-6-8-14)20-11-9-13(2)10-12-20/h4-8,13,15H,3,9-12H2,1-2H3,(H2,18,19,21,22)/t15-/m0/s1. The van der Waals surface area contributed by atoms with Gasteiger partial charge in [-0.1, -0.05) is 37.3 Å². The van der Waals surface area contributed by atoms with Crippen molar-refractivity contribution in [2.45, 2.75) is 32.7 Å². The molecule has 0 unspecified atom stereocenters. The second-order valence-corrected chi connectivity index (χ2v) is 5.88. The first-order valence-electron chi connectivity index (χ1n) is 7.99. The van der Waals surface area contributed by atoms with E-state index in [0.717, 1.165) is 31.5 Å². The van der Waals surface area contributed by atoms with Crippen LogP contribution in [0.5, 0.6) is 0 Å². The summed E-state index contributed by atoms with van der Waals surface area (Å²) >= 11 is 0. The summed E-state index contributed by atoms with van der Waals surface area (Å²) in [6, 6.07) is 8.83. The summed E-state index contributed by atoms with van der Waals surface area (Å²) in [7, 11) is 0. The van der Waals surface area contributed by atoms with Gasteiger partial charge in [-0.15, -0.1) is 0 Å². The van der Waals surface area contributed by atoms with Crippen LogP contribution in [0.2, 0.25) is 0 Å². The number of nitrogens with zero attached hydrogens (tertiary/aromatic N) is 1. The van der Waals surface area contributed by atoms with Crippen LogP contribution in [-0.4, -0.2) is 36.5 Å². The van der Waals surface area contributed by atoms with Crippen LogP contribution in [0.3, 0.4) is 0 Å². The minimum absolute atomic E-state index is 0.258. The van der Waals surface area contributed by atoms with Crippen LogP contribution in [0, 0.1) is 5.92 Å². The van der Waals surface area contributed by atoms with Crippen LogP contribution >= 0.6 is 0 Å². The first-order valence-corrected chi connectivity index (χ1v) is 7.99. The van der Waals surface area contributed by atoms with Crippen molar-refractivity contribution in [3.63, 3.8) is 0 Å². The summed E-state index contributed by atoms with van der Waals surface area (Å²) in [5.74, 6) is 0.436. The lowest BCUT2D eigenvalue weighted by molar-refractivity contribution is -0.126. The highest BCUT2D eigenvalue weighted by molar-refractivity contribution is 5.97. The zero-order valence-electron chi connectivity index (χ0n) is 13.3. The maximum atomic E-state index is 12.6. The van der Waals surface area contributed by atoms with Crippen molar-refractivity contribution in [3.05, 3.63) is 35.9 Å². The number of piperidine rings is 1. The van der Waals surface area contributed by atoms with Gasteiger partial charge >= 0.3 is 6.03 Å². The van der Waals surface area contributed by atoms with Crippen LogP contribution in [0.1, 0.15) is 38.3 Å². The molecule has 0 bridgehead atoms. The molecule has 0 aromatic heterocycles. The van der Waals surface area contributed by atoms with Gasteiger partial charge in [-0.05, 0) is 44.3 Å². The predicted molar refractivity (Wildman–Crippen MR) is 86.4 cm³/mol. The Morgan fingerprint density at radius 2 is 1.86 bits per heavy atom. The Hall–Kier alpha value is -1.88. The highest BCUT2D eigenvalue weighted by Gasteiger charge is 2.30. The number of imide groups is 1. The third-order valence-corrected chi connectivity index (χ3v) is 4.12. The molecule has 0 spiro atoms. The second kappa shape index (κ2) is 7.94. The Morgan fingerprint density at radius 3 is 2.45 bits per heavy atom. The molecule has 2 rings (SSSR count). The van der Waals surface area contributed by atoms with Gasteiger partial charge in [0.15, 0.2) is 0 Å². The SMILES string of the molecule is CCNC(=O)NC(=O)[C@H](c1ccccc1)N1CCC(C)CC1. The van der Waals surface area contributed by atoms with Crippen molar-refractivity contribution in [1.29, 1.82) is 0 Å². The minimum Gasteiger partial charge on any atom is -0.338 e. The van der Waals surface area contributed by atoms with Gasteiger partial charge in [-0.3, -0.25) is 15.0 Å². The number of benzene rings is 1. The molecular formula is C17H25N3O2. The topological polar surface area (TPSA) is 61.4 Å². The van der Waals surface area contributed by atoms with Crippen LogP contribution in [0.25, 0.3) is 0 Å². The van der Waals surface area contributed by atoms with E-state index in [1.54, 1.807) is 0 Å². The Labute approximate surface area is 132 Å². The molecule has 5 nitrogen and oxygen atoms in total. The van der Waals surface area contributed by atoms with Gasteiger partial charge in [-0.2, -0.15) is 0 Å². The summed E-state index contributed by atoms with van der Waals surface area (Å²) in [5, 5.41) is 5.06. The molecule has 0 radical (unpaired) electrons. The van der Waals surface area contributed by atoms with Crippen molar-refractivity contribution in [2.75, 3.05) is 19.6 Å². The number of hydrogen-bond donors (Lipinski definition) is 2. The number of hydrogen-bond acceptors (Lipinski definition) is 3. The van der Waals surface area contributed by atoms with E-state index in [0.29, 0.717) is 12.5 Å². The summed E-state index contributed by atoms with van der Waals surface area (Å²) in [5.41, 5.74) is 0.929. The molecule has 3 amide bonds. The number of carbonyl (C=O) groups excluding carboxylic acids is 2. The van der Waals surface area contributed by atoms with E-state index >= 15 is 0 Å². The fraction of sp³-hybridized carbons (Fsp3) is 0.529. The quantitative estimate of drug-likeness (QED) is 0.897. The maximum Gasteiger partial charge on any atom is 0.321 e. The number of amides is 3. The minimum atomic E-state index is -0.432. The monoisotopic (exact) mass is 303 g/mol. The fourth-order valence-corrected chi connectivity index (χ4v) is 2.84. The molecular weight excluding hydrogens is 278 g/mol. The summed E-state index contributed by atoms with van der Waals surface area (Å²) < 4.78 is 0. The molecule has 1 aliphatic heterocycles. The molecule has 1 aromatic carbocycles. The Balaban J connectivity index is 2.15. The van der Waals surface area contributed by atoms with Crippen molar-refractivity contribution in [1.82, 2.24) is 15.5 Å². The molecule has 1 atom stereocenters. The molecule has 1 aromatic rings. The van der Waals surface area contributed by atoms with Crippen LogP contribution in [0.15, 0.2) is 30.3 Å². The van der Waals surface area contributed by atoms with Crippen molar-refractivity contribution >= 4 is 11.9 Å². The highest BCUT2D eigenvalue weighted by atomic mass is 16.2. The van der Waals surface area contributed by atoms with Gasteiger partial charge in [0.05, 0.1) is 0 Å². The van der Waals surface area contributed by atoms with E-state index in [-0.39, 0.29) is 5.91 Å². The van der Waals surface area contributed by atoms with Gasteiger partial charge in [-0.25, -0.2) is 4.79 Å². The van der Waals surface area contributed by atoms with E-state index in [2.05, 4.69) is 22.5 Å². The van der Waals surface area contributed by atoms with Crippen LogP contribution < -0.4 is 10.6 Å². The summed E-state index contributed by atoms with van der Waals surface area (Å²) in [4.78, 5) is 26.4. The summed E-state index contributed by atoms with van der Waals surface area (Å²) in [6.45, 7) is 6.32. The smallest absolute Gasteiger partial charge is 0.321 e. The van der Waals surface area contributed by atoms with Crippen molar-refractivity contribution in [3.8, 4) is 0 Å². The number of carbonyl (C=O) groups is 2. The lowest BCUT2D eigenvalue weighted by Gasteiger charge is -2.35. The molecule has 1 heterocycles. The predicted octanol–water partition coefficient (Wildman–Crippen LogP) is 2.31. The molecule has 120 valence electrons. The van der Waals surface area contributed by atoms with Crippen molar-refractivity contribution in [2.24, 2.45) is 5.92 Å². The average Bonchev–Trinajstić information content (AvgIpc) is 2.51. The first-order chi connectivity index (χ1) is 10.6. The van der Waals surface area contributed by atoms with Gasteiger partial charge < -0.3 is 5.32 Å². The second-order valence-electron chi connectivity index (χ2n) is 5.88. The van der Waals surface area contributed by atoms with Crippen molar-refractivity contribution < 1.29 is 9.59 Å². The van der Waals surface area contributed by atoms with Crippen LogP contribution in [0.4, 0.5) is 4.79 Å². The third-order valence-electron chi connectivity index (χ3n) is 4.12. The Morgan fingerprint density at radius 1 is 1.23 bits per heavy atom. The Kier molecular flexibility index (Phi) is 5.95. The number of rotatable bonds is 4. The zero-order valence-corrected chi connectivity index (χ0v) is 13.3. The van der Waals surface area contributed by atoms with E-state index in [1.807, 2.05) is 37.3 Å². The van der Waals surface area contributed by atoms with E-state index in [9.17, 15) is 9.59 Å². The number of nitrogens with one attached hydrogen (secondary N) is 2. The molecule has 0 saturated carbocycles. The molecule has 1 fully saturated rings. The molecule has 1 saturated heterocycles. The largest absolute Gasteiger partial charge is 0.338 e. The molecule has 2 N–H and O–H groups in total.